The molecule has 0 unspecified atom stereocenters. The average molecular weight is 934 g/mol. The molecule has 0 bridgehead atoms. The van der Waals surface area contributed by atoms with Crippen LogP contribution in [0, 0.1) is 0 Å². The second-order valence-electron chi connectivity index (χ2n) is 19.2. The van der Waals surface area contributed by atoms with Crippen LogP contribution in [-0.2, 0) is 0 Å². The van der Waals surface area contributed by atoms with Crippen molar-refractivity contribution < 1.29 is 0 Å². The van der Waals surface area contributed by atoms with Gasteiger partial charge < -0.3 is 9.13 Å². The summed E-state index contributed by atoms with van der Waals surface area (Å²) in [6.07, 6.45) is 0. The van der Waals surface area contributed by atoms with Crippen molar-refractivity contribution in [2.75, 3.05) is 0 Å². The number of rotatable bonds is 5. The summed E-state index contributed by atoms with van der Waals surface area (Å²) in [6.45, 7) is 0. The van der Waals surface area contributed by atoms with Crippen molar-refractivity contribution in [3.05, 3.63) is 247 Å². The first-order valence-corrected chi connectivity index (χ1v) is 25.3. The van der Waals surface area contributed by atoms with Crippen molar-refractivity contribution in [1.29, 1.82) is 0 Å². The molecule has 5 heterocycles. The minimum absolute atomic E-state index is 0.0117. The normalized spacial score (nSPS) is 12.2. The van der Waals surface area contributed by atoms with Crippen molar-refractivity contribution >= 4 is 113 Å². The fourth-order valence-corrected chi connectivity index (χ4v) is 13.4. The Bertz CT molecular complexity index is 5000. The van der Waals surface area contributed by atoms with Crippen molar-refractivity contribution in [1.82, 2.24) is 13.5 Å². The van der Waals surface area contributed by atoms with Gasteiger partial charge in [-0.25, -0.2) is 0 Å². The molecule has 72 heavy (non-hydrogen) atoms. The van der Waals surface area contributed by atoms with Gasteiger partial charge in [-0.3, -0.25) is 9.20 Å². The number of hydrogen-bond donors (Lipinski definition) is 0. The molecular formula is C67H39N3OS. The number of benzene rings is 11. The number of fused-ring (bicyclic) bond motifs is 14. The van der Waals surface area contributed by atoms with Crippen LogP contribution in [0.5, 0.6) is 0 Å². The lowest BCUT2D eigenvalue weighted by molar-refractivity contribution is 1.18. The predicted octanol–water partition coefficient (Wildman–Crippen LogP) is 17.8. The van der Waals surface area contributed by atoms with Gasteiger partial charge in [0.25, 0.3) is 5.56 Å². The van der Waals surface area contributed by atoms with E-state index in [1.54, 1.807) is 0 Å². The summed E-state index contributed by atoms with van der Waals surface area (Å²) >= 11 is 1.85. The number of hydrogen-bond acceptors (Lipinski definition) is 2. The molecule has 0 saturated carbocycles. The molecule has 334 valence electrons. The maximum Gasteiger partial charge on any atom is 0.263 e. The van der Waals surface area contributed by atoms with Crippen LogP contribution in [0.1, 0.15) is 0 Å². The molecule has 0 aliphatic heterocycles. The van der Waals surface area contributed by atoms with Gasteiger partial charge in [0.15, 0.2) is 0 Å². The third-order valence-electron chi connectivity index (χ3n) is 15.3. The summed E-state index contributed by atoms with van der Waals surface area (Å²) in [7, 11) is 0. The second kappa shape index (κ2) is 14.9. The van der Waals surface area contributed by atoms with E-state index in [0.717, 1.165) is 77.1 Å². The van der Waals surface area contributed by atoms with Gasteiger partial charge in [0.2, 0.25) is 0 Å². The lowest BCUT2D eigenvalue weighted by Crippen LogP contribution is -2.12. The van der Waals surface area contributed by atoms with Crippen molar-refractivity contribution in [2.24, 2.45) is 0 Å². The Kier molecular flexibility index (Phi) is 8.16. The van der Waals surface area contributed by atoms with E-state index in [1.165, 1.54) is 69.4 Å². The van der Waals surface area contributed by atoms with Gasteiger partial charge >= 0.3 is 0 Å². The predicted molar refractivity (Wildman–Crippen MR) is 305 cm³/mol. The van der Waals surface area contributed by atoms with Gasteiger partial charge in [0, 0.05) is 80.2 Å². The molecule has 0 amide bonds. The molecule has 16 aromatic rings. The third kappa shape index (κ3) is 5.54. The molecule has 0 atom stereocenters. The molecule has 0 saturated heterocycles. The summed E-state index contributed by atoms with van der Waals surface area (Å²) in [5.41, 5.74) is 15.8. The maximum atomic E-state index is 14.6. The Labute approximate surface area is 416 Å². The molecule has 5 aromatic heterocycles. The topological polar surface area (TPSA) is 31.3 Å². The first-order chi connectivity index (χ1) is 35.6. The van der Waals surface area contributed by atoms with Gasteiger partial charge in [-0.05, 0) is 124 Å². The SMILES string of the molecule is O=c1c2ccccc2c2cc(-c3ccccc3)cc3c4cc(-c5cc(-n6c7ccccc7c7cc(-c8ccc9c%10ccccc%10n(-c%10ccccc%10)c9c8)ccc76)cc6c5sc5ccccc56)ccc4n1c23. The Morgan fingerprint density at radius 1 is 0.292 bits per heavy atom. The standard InChI is InChI=1S/C67H39N3OS/c71-67-52-23-8-7-19-47(52)56-35-44(40-15-3-1-4-16-40)36-57-55-34-43(29-32-62(55)70(67)65(56)57)53-38-46(39-58-51-22-11-14-26-64(51)72-66(53)58)69-60-25-13-10-21-49(60)54-33-41(28-31-61(54)69)42-27-30-50-48-20-9-12-24-59(48)68(63(50)37-42)45-17-5-2-6-18-45/h1-39H. The highest BCUT2D eigenvalue weighted by Gasteiger charge is 2.23. The summed E-state index contributed by atoms with van der Waals surface area (Å²) < 4.78 is 9.31. The van der Waals surface area contributed by atoms with Gasteiger partial charge in [-0.15, -0.1) is 11.3 Å². The number of para-hydroxylation sites is 3. The van der Waals surface area contributed by atoms with Gasteiger partial charge in [-0.1, -0.05) is 146 Å². The molecule has 4 nitrogen and oxygen atoms in total. The fourth-order valence-electron chi connectivity index (χ4n) is 12.1. The Balaban J connectivity index is 0.926. The number of aromatic nitrogens is 3. The van der Waals surface area contributed by atoms with Crippen LogP contribution in [-0.4, -0.2) is 13.5 Å². The van der Waals surface area contributed by atoms with Crippen LogP contribution in [0.2, 0.25) is 0 Å². The lowest BCUT2D eigenvalue weighted by Gasteiger charge is -2.13. The van der Waals surface area contributed by atoms with E-state index in [-0.39, 0.29) is 5.56 Å². The Hall–Kier alpha value is -9.29. The Morgan fingerprint density at radius 3 is 1.61 bits per heavy atom. The van der Waals surface area contributed by atoms with E-state index in [9.17, 15) is 4.79 Å². The molecule has 0 N–H and O–H groups in total. The molecule has 16 rings (SSSR count). The molecular weight excluding hydrogens is 895 g/mol. The summed E-state index contributed by atoms with van der Waals surface area (Å²) in [5, 5.41) is 12.3. The van der Waals surface area contributed by atoms with Crippen LogP contribution < -0.4 is 5.56 Å². The first kappa shape index (κ1) is 39.5. The third-order valence-corrected chi connectivity index (χ3v) is 16.6. The van der Waals surface area contributed by atoms with Crippen LogP contribution in [0.3, 0.4) is 0 Å². The molecule has 5 heteroatoms. The molecule has 0 radical (unpaired) electrons. The van der Waals surface area contributed by atoms with Gasteiger partial charge in [-0.2, -0.15) is 0 Å². The Morgan fingerprint density at radius 2 is 0.819 bits per heavy atom. The molecule has 0 fully saturated rings. The summed E-state index contributed by atoms with van der Waals surface area (Å²) in [4.78, 5) is 14.6. The highest BCUT2D eigenvalue weighted by atomic mass is 32.1. The molecule has 0 aliphatic rings. The van der Waals surface area contributed by atoms with Crippen LogP contribution in [0.25, 0.3) is 147 Å². The maximum absolute atomic E-state index is 14.6. The fraction of sp³-hybridized carbons (Fsp3) is 0. The lowest BCUT2D eigenvalue weighted by atomic mass is 9.96. The largest absolute Gasteiger partial charge is 0.309 e. The minimum Gasteiger partial charge on any atom is -0.309 e. The number of pyridine rings is 1. The van der Waals surface area contributed by atoms with Crippen LogP contribution in [0.4, 0.5) is 0 Å². The van der Waals surface area contributed by atoms with E-state index in [0.29, 0.717) is 0 Å². The minimum atomic E-state index is 0.0117. The zero-order valence-electron chi connectivity index (χ0n) is 38.7. The smallest absolute Gasteiger partial charge is 0.263 e. The van der Waals surface area contributed by atoms with E-state index < -0.39 is 0 Å². The summed E-state index contributed by atoms with van der Waals surface area (Å²) in [5.74, 6) is 0. The second-order valence-corrected chi connectivity index (χ2v) is 20.2. The summed E-state index contributed by atoms with van der Waals surface area (Å²) in [6, 6.07) is 85.7. The molecule has 0 aliphatic carbocycles. The number of nitrogens with zero attached hydrogens (tertiary/aromatic N) is 3. The average Bonchev–Trinajstić information content (AvgIpc) is 4.19. The molecule has 0 spiro atoms. The van der Waals surface area contributed by atoms with Gasteiger partial charge in [0.05, 0.1) is 33.1 Å². The van der Waals surface area contributed by atoms with Crippen molar-refractivity contribution in [3.8, 4) is 44.8 Å². The first-order valence-electron chi connectivity index (χ1n) is 24.5. The van der Waals surface area contributed by atoms with E-state index in [4.69, 9.17) is 0 Å². The van der Waals surface area contributed by atoms with E-state index in [2.05, 4.69) is 228 Å². The highest BCUT2D eigenvalue weighted by molar-refractivity contribution is 7.26. The van der Waals surface area contributed by atoms with Crippen molar-refractivity contribution in [2.45, 2.75) is 0 Å². The monoisotopic (exact) mass is 933 g/mol. The van der Waals surface area contributed by atoms with Crippen LogP contribution in [0.15, 0.2) is 241 Å². The van der Waals surface area contributed by atoms with Gasteiger partial charge in [0.1, 0.15) is 0 Å². The van der Waals surface area contributed by atoms with Crippen LogP contribution >= 0.6 is 11.3 Å². The zero-order chi connectivity index (χ0) is 47.2. The zero-order valence-corrected chi connectivity index (χ0v) is 39.5. The van der Waals surface area contributed by atoms with E-state index in [1.807, 2.05) is 33.9 Å². The highest BCUT2D eigenvalue weighted by Crippen LogP contribution is 2.46. The van der Waals surface area contributed by atoms with E-state index >= 15 is 0 Å². The molecule has 11 aromatic carbocycles. The quantitative estimate of drug-likeness (QED) is 0.158. The van der Waals surface area contributed by atoms with Crippen molar-refractivity contribution in [3.63, 3.8) is 0 Å². The number of thiophene rings is 1.